The molecule has 2 heterocycles. The van der Waals surface area contributed by atoms with Crippen LogP contribution in [0.4, 0.5) is 0 Å². The van der Waals surface area contributed by atoms with Gasteiger partial charge in [0.2, 0.25) is 0 Å². The first-order chi connectivity index (χ1) is 8.11. The lowest BCUT2D eigenvalue weighted by molar-refractivity contribution is 0.0786. The summed E-state index contributed by atoms with van der Waals surface area (Å²) in [6.45, 7) is 3.80. The van der Waals surface area contributed by atoms with E-state index in [1.807, 2.05) is 4.90 Å². The zero-order valence-electron chi connectivity index (χ0n) is 9.62. The smallest absolute Gasteiger partial charge is 0.255 e. The molecule has 1 aromatic rings. The van der Waals surface area contributed by atoms with E-state index in [0.29, 0.717) is 16.5 Å². The van der Waals surface area contributed by atoms with Crippen molar-refractivity contribution in [2.24, 2.45) is 5.92 Å². The molecule has 2 rings (SSSR count). The quantitative estimate of drug-likeness (QED) is 0.775. The normalized spacial score (nSPS) is 19.7. The number of likely N-dealkylation sites (tertiary alicyclic amines) is 1. The highest BCUT2D eigenvalue weighted by Gasteiger charge is 2.26. The molecule has 1 atom stereocenters. The third kappa shape index (κ3) is 2.72. The van der Waals surface area contributed by atoms with Gasteiger partial charge in [-0.25, -0.2) is 4.98 Å². The van der Waals surface area contributed by atoms with Crippen molar-refractivity contribution in [2.45, 2.75) is 19.8 Å². The first-order valence-corrected chi connectivity index (χ1v) is 6.47. The topological polar surface area (TPSA) is 33.2 Å². The van der Waals surface area contributed by atoms with Gasteiger partial charge in [0.15, 0.2) is 0 Å². The van der Waals surface area contributed by atoms with E-state index in [9.17, 15) is 4.79 Å². The molecular formula is C12H14Cl2N2O. The zero-order valence-corrected chi connectivity index (χ0v) is 11.1. The molecule has 5 heteroatoms. The van der Waals surface area contributed by atoms with E-state index in [1.165, 1.54) is 6.20 Å². The standard InChI is InChI=1S/C12H14Cl2N2O/c1-2-8-3-4-16(7-8)12(17)9-5-10(13)11(14)15-6-9/h5-6,8H,2-4,7H2,1H3. The molecule has 3 nitrogen and oxygen atoms in total. The molecular weight excluding hydrogens is 259 g/mol. The van der Waals surface area contributed by atoms with E-state index in [1.54, 1.807) is 6.07 Å². The fraction of sp³-hybridized carbons (Fsp3) is 0.500. The van der Waals surface area contributed by atoms with Crippen molar-refractivity contribution in [3.63, 3.8) is 0 Å². The minimum atomic E-state index is -0.00739. The van der Waals surface area contributed by atoms with Gasteiger partial charge in [-0.1, -0.05) is 36.5 Å². The van der Waals surface area contributed by atoms with Crippen molar-refractivity contribution in [1.82, 2.24) is 9.88 Å². The van der Waals surface area contributed by atoms with Gasteiger partial charge in [-0.15, -0.1) is 0 Å². The van der Waals surface area contributed by atoms with E-state index in [0.717, 1.165) is 25.9 Å². The zero-order chi connectivity index (χ0) is 12.4. The van der Waals surface area contributed by atoms with Gasteiger partial charge < -0.3 is 4.90 Å². The van der Waals surface area contributed by atoms with Gasteiger partial charge in [-0.2, -0.15) is 0 Å². The highest BCUT2D eigenvalue weighted by Crippen LogP contribution is 2.24. The first kappa shape index (κ1) is 12.7. The van der Waals surface area contributed by atoms with Gasteiger partial charge in [0.1, 0.15) is 5.15 Å². The van der Waals surface area contributed by atoms with Crippen LogP contribution in [0.2, 0.25) is 10.2 Å². The van der Waals surface area contributed by atoms with Crippen LogP contribution in [0.5, 0.6) is 0 Å². The molecule has 92 valence electrons. The highest BCUT2D eigenvalue weighted by molar-refractivity contribution is 6.41. The predicted molar refractivity (Wildman–Crippen MR) is 68.6 cm³/mol. The molecule has 1 aromatic heterocycles. The molecule has 1 amide bonds. The van der Waals surface area contributed by atoms with Crippen molar-refractivity contribution >= 4 is 29.1 Å². The van der Waals surface area contributed by atoms with Crippen molar-refractivity contribution in [1.29, 1.82) is 0 Å². The van der Waals surface area contributed by atoms with Crippen LogP contribution in [0.15, 0.2) is 12.3 Å². The lowest BCUT2D eigenvalue weighted by Gasteiger charge is -2.16. The minimum Gasteiger partial charge on any atom is -0.338 e. The van der Waals surface area contributed by atoms with Gasteiger partial charge in [0.25, 0.3) is 5.91 Å². The van der Waals surface area contributed by atoms with E-state index >= 15 is 0 Å². The molecule has 1 aliphatic heterocycles. The number of carbonyl (C=O) groups is 1. The number of halogens is 2. The van der Waals surface area contributed by atoms with E-state index < -0.39 is 0 Å². The number of amides is 1. The Morgan fingerprint density at radius 3 is 2.94 bits per heavy atom. The maximum atomic E-state index is 12.2. The molecule has 0 bridgehead atoms. The van der Waals surface area contributed by atoms with E-state index in [4.69, 9.17) is 23.2 Å². The summed E-state index contributed by atoms with van der Waals surface area (Å²) in [5.74, 6) is 0.613. The van der Waals surface area contributed by atoms with Gasteiger partial charge in [0, 0.05) is 19.3 Å². The van der Waals surface area contributed by atoms with Crippen LogP contribution in [0, 0.1) is 5.92 Å². The van der Waals surface area contributed by atoms with Crippen LogP contribution in [-0.4, -0.2) is 28.9 Å². The molecule has 0 spiro atoms. The van der Waals surface area contributed by atoms with Crippen LogP contribution in [0.3, 0.4) is 0 Å². The summed E-state index contributed by atoms with van der Waals surface area (Å²) in [5.41, 5.74) is 0.510. The second kappa shape index (κ2) is 5.23. The molecule has 0 radical (unpaired) electrons. The van der Waals surface area contributed by atoms with Crippen molar-refractivity contribution in [3.8, 4) is 0 Å². The Hall–Kier alpha value is -0.800. The molecule has 1 aliphatic rings. The third-order valence-corrected chi connectivity index (χ3v) is 3.88. The van der Waals surface area contributed by atoms with Gasteiger partial charge in [-0.05, 0) is 18.4 Å². The average molecular weight is 273 g/mol. The largest absolute Gasteiger partial charge is 0.338 e. The van der Waals surface area contributed by atoms with E-state index in [2.05, 4.69) is 11.9 Å². The Morgan fingerprint density at radius 1 is 1.59 bits per heavy atom. The fourth-order valence-corrected chi connectivity index (χ4v) is 2.34. The molecule has 17 heavy (non-hydrogen) atoms. The Balaban J connectivity index is 2.12. The summed E-state index contributed by atoms with van der Waals surface area (Å²) in [4.78, 5) is 17.9. The number of rotatable bonds is 2. The maximum absolute atomic E-state index is 12.2. The molecule has 1 unspecified atom stereocenters. The molecule has 0 aliphatic carbocycles. The van der Waals surface area contributed by atoms with Crippen LogP contribution in [0.1, 0.15) is 30.1 Å². The van der Waals surface area contributed by atoms with Gasteiger partial charge in [0.05, 0.1) is 10.6 Å². The second-order valence-electron chi connectivity index (χ2n) is 4.31. The number of aromatic nitrogens is 1. The number of hydrogen-bond donors (Lipinski definition) is 0. The van der Waals surface area contributed by atoms with Crippen molar-refractivity contribution in [3.05, 3.63) is 28.0 Å². The molecule has 0 saturated carbocycles. The van der Waals surface area contributed by atoms with Crippen molar-refractivity contribution < 1.29 is 4.79 Å². The average Bonchev–Trinajstić information content (AvgIpc) is 2.80. The summed E-state index contributed by atoms with van der Waals surface area (Å²) in [5, 5.41) is 0.555. The summed E-state index contributed by atoms with van der Waals surface area (Å²) < 4.78 is 0. The summed E-state index contributed by atoms with van der Waals surface area (Å²) in [7, 11) is 0. The number of carbonyl (C=O) groups excluding carboxylic acids is 1. The number of nitrogens with zero attached hydrogens (tertiary/aromatic N) is 2. The summed E-state index contributed by atoms with van der Waals surface area (Å²) >= 11 is 11.6. The van der Waals surface area contributed by atoms with Crippen molar-refractivity contribution in [2.75, 3.05) is 13.1 Å². The maximum Gasteiger partial charge on any atom is 0.255 e. The van der Waals surface area contributed by atoms with Gasteiger partial charge >= 0.3 is 0 Å². The van der Waals surface area contributed by atoms with Crippen LogP contribution in [-0.2, 0) is 0 Å². The Labute approximate surface area is 111 Å². The van der Waals surface area contributed by atoms with E-state index in [-0.39, 0.29) is 11.1 Å². The SMILES string of the molecule is CCC1CCN(C(=O)c2cnc(Cl)c(Cl)c2)C1. The third-order valence-electron chi connectivity index (χ3n) is 3.19. The second-order valence-corrected chi connectivity index (χ2v) is 5.08. The summed E-state index contributed by atoms with van der Waals surface area (Å²) in [6.07, 6.45) is 3.68. The highest BCUT2D eigenvalue weighted by atomic mass is 35.5. The molecule has 0 aromatic carbocycles. The molecule has 1 fully saturated rings. The summed E-state index contributed by atoms with van der Waals surface area (Å²) in [6, 6.07) is 1.58. The lowest BCUT2D eigenvalue weighted by atomic mass is 10.1. The van der Waals surface area contributed by atoms with Crippen LogP contribution in [0.25, 0.3) is 0 Å². The monoisotopic (exact) mass is 272 g/mol. The Bertz CT molecular complexity index is 437. The minimum absolute atomic E-state index is 0.00739. The van der Waals surface area contributed by atoms with Gasteiger partial charge in [-0.3, -0.25) is 4.79 Å². The fourth-order valence-electron chi connectivity index (χ4n) is 2.07. The van der Waals surface area contributed by atoms with Crippen LogP contribution < -0.4 is 0 Å². The molecule has 1 saturated heterocycles. The molecule has 0 N–H and O–H groups in total. The number of hydrogen-bond acceptors (Lipinski definition) is 2. The van der Waals surface area contributed by atoms with Crippen LogP contribution >= 0.6 is 23.2 Å². The predicted octanol–water partition coefficient (Wildman–Crippen LogP) is 3.26. The lowest BCUT2D eigenvalue weighted by Crippen LogP contribution is -2.28. The Kier molecular flexibility index (Phi) is 3.89. The first-order valence-electron chi connectivity index (χ1n) is 5.72. The number of pyridine rings is 1. The Morgan fingerprint density at radius 2 is 2.35 bits per heavy atom.